The van der Waals surface area contributed by atoms with Crippen LogP contribution in [-0.4, -0.2) is 43.0 Å². The molecule has 0 spiro atoms. The van der Waals surface area contributed by atoms with Crippen LogP contribution in [0.2, 0.25) is 0 Å². The SMILES string of the molecule is CC[C@@H](Oc1cccc(OC)c1)C(=O)Nc1ccccc1C(=O)N1CCCCCC1. The standard InChI is InChI=1S/C24H30N2O4/c1-3-22(30-19-12-10-11-18(17-19)29-2)23(27)25-21-14-7-6-13-20(21)24(28)26-15-8-4-5-9-16-26/h6-7,10-14,17,22H,3-5,8-9,15-16H2,1-2H3,(H,25,27)/t22-/m1/s1. The zero-order chi connectivity index (χ0) is 21.3. The molecular formula is C24H30N2O4. The lowest BCUT2D eigenvalue weighted by Gasteiger charge is -2.23. The van der Waals surface area contributed by atoms with Gasteiger partial charge in [0.05, 0.1) is 18.4 Å². The first kappa shape index (κ1) is 21.7. The number of carbonyl (C=O) groups excluding carboxylic acids is 2. The molecule has 0 aliphatic carbocycles. The summed E-state index contributed by atoms with van der Waals surface area (Å²) >= 11 is 0. The van der Waals surface area contributed by atoms with Crippen molar-refractivity contribution in [2.45, 2.75) is 45.1 Å². The molecule has 1 saturated heterocycles. The molecule has 6 heteroatoms. The summed E-state index contributed by atoms with van der Waals surface area (Å²) in [6.07, 6.45) is 4.16. The molecule has 0 unspecified atom stereocenters. The van der Waals surface area contributed by atoms with Crippen LogP contribution in [0.3, 0.4) is 0 Å². The number of rotatable bonds is 7. The summed E-state index contributed by atoms with van der Waals surface area (Å²) in [5.41, 5.74) is 1.04. The second kappa shape index (κ2) is 10.7. The Bertz CT molecular complexity index is 860. The van der Waals surface area contributed by atoms with Crippen molar-refractivity contribution in [1.29, 1.82) is 0 Å². The van der Waals surface area contributed by atoms with E-state index in [2.05, 4.69) is 5.32 Å². The second-order valence-electron chi connectivity index (χ2n) is 7.43. The second-order valence-corrected chi connectivity index (χ2v) is 7.43. The van der Waals surface area contributed by atoms with Crippen molar-refractivity contribution in [3.8, 4) is 11.5 Å². The van der Waals surface area contributed by atoms with Gasteiger partial charge in [-0.15, -0.1) is 0 Å². The normalized spacial score (nSPS) is 15.1. The fourth-order valence-electron chi connectivity index (χ4n) is 3.60. The number of hydrogen-bond acceptors (Lipinski definition) is 4. The summed E-state index contributed by atoms with van der Waals surface area (Å²) in [6, 6.07) is 14.3. The van der Waals surface area contributed by atoms with E-state index in [0.29, 0.717) is 29.2 Å². The van der Waals surface area contributed by atoms with Crippen molar-refractivity contribution in [2.75, 3.05) is 25.5 Å². The quantitative estimate of drug-likeness (QED) is 0.729. The summed E-state index contributed by atoms with van der Waals surface area (Å²) in [5, 5.41) is 2.90. The lowest BCUT2D eigenvalue weighted by molar-refractivity contribution is -0.122. The third kappa shape index (κ3) is 5.53. The summed E-state index contributed by atoms with van der Waals surface area (Å²) in [5.74, 6) is 0.910. The number of anilines is 1. The van der Waals surface area contributed by atoms with E-state index in [1.54, 1.807) is 31.4 Å². The summed E-state index contributed by atoms with van der Waals surface area (Å²) in [7, 11) is 1.58. The first-order valence-corrected chi connectivity index (χ1v) is 10.6. The van der Waals surface area contributed by atoms with E-state index in [9.17, 15) is 9.59 Å². The molecule has 0 radical (unpaired) electrons. The van der Waals surface area contributed by atoms with Crippen LogP contribution in [0, 0.1) is 0 Å². The molecule has 160 valence electrons. The molecule has 0 saturated carbocycles. The Morgan fingerprint density at radius 3 is 2.40 bits per heavy atom. The van der Waals surface area contributed by atoms with Crippen LogP contribution in [0.15, 0.2) is 48.5 Å². The van der Waals surface area contributed by atoms with Gasteiger partial charge in [-0.25, -0.2) is 0 Å². The number of ether oxygens (including phenoxy) is 2. The van der Waals surface area contributed by atoms with Gasteiger partial charge in [0.1, 0.15) is 11.5 Å². The molecule has 1 N–H and O–H groups in total. The van der Waals surface area contributed by atoms with Crippen LogP contribution in [0.4, 0.5) is 5.69 Å². The molecule has 1 atom stereocenters. The largest absolute Gasteiger partial charge is 0.497 e. The first-order chi connectivity index (χ1) is 14.6. The van der Waals surface area contributed by atoms with Crippen molar-refractivity contribution in [2.24, 2.45) is 0 Å². The average Bonchev–Trinajstić information content (AvgIpc) is 3.07. The molecule has 2 aromatic carbocycles. The van der Waals surface area contributed by atoms with Crippen LogP contribution < -0.4 is 14.8 Å². The Labute approximate surface area is 178 Å². The maximum Gasteiger partial charge on any atom is 0.265 e. The number of nitrogens with zero attached hydrogens (tertiary/aromatic N) is 1. The van der Waals surface area contributed by atoms with Crippen LogP contribution in [0.1, 0.15) is 49.4 Å². The molecule has 6 nitrogen and oxygen atoms in total. The number of nitrogens with one attached hydrogen (secondary N) is 1. The summed E-state index contributed by atoms with van der Waals surface area (Å²) in [6.45, 7) is 3.41. The minimum atomic E-state index is -0.682. The van der Waals surface area contributed by atoms with E-state index in [1.807, 2.05) is 36.1 Å². The van der Waals surface area contributed by atoms with Gasteiger partial charge in [0.2, 0.25) is 0 Å². The Morgan fingerprint density at radius 1 is 1.00 bits per heavy atom. The van der Waals surface area contributed by atoms with Crippen molar-refractivity contribution < 1.29 is 19.1 Å². The number of hydrogen-bond donors (Lipinski definition) is 1. The zero-order valence-corrected chi connectivity index (χ0v) is 17.7. The molecule has 3 rings (SSSR count). The monoisotopic (exact) mass is 410 g/mol. The van der Waals surface area contributed by atoms with Gasteiger partial charge in [0.25, 0.3) is 11.8 Å². The molecule has 0 aromatic heterocycles. The van der Waals surface area contributed by atoms with E-state index >= 15 is 0 Å². The van der Waals surface area contributed by atoms with E-state index in [0.717, 1.165) is 38.8 Å². The number of carbonyl (C=O) groups is 2. The van der Waals surface area contributed by atoms with E-state index in [4.69, 9.17) is 9.47 Å². The Hall–Kier alpha value is -3.02. The number of likely N-dealkylation sites (tertiary alicyclic amines) is 1. The molecule has 30 heavy (non-hydrogen) atoms. The van der Waals surface area contributed by atoms with Gasteiger partial charge in [0.15, 0.2) is 6.10 Å². The van der Waals surface area contributed by atoms with Gasteiger partial charge in [-0.05, 0) is 43.5 Å². The van der Waals surface area contributed by atoms with Crippen LogP contribution in [0.5, 0.6) is 11.5 Å². The van der Waals surface area contributed by atoms with Crippen molar-refractivity contribution in [1.82, 2.24) is 4.90 Å². The van der Waals surface area contributed by atoms with Crippen molar-refractivity contribution in [3.63, 3.8) is 0 Å². The van der Waals surface area contributed by atoms with Crippen molar-refractivity contribution in [3.05, 3.63) is 54.1 Å². The highest BCUT2D eigenvalue weighted by molar-refractivity contribution is 6.04. The van der Waals surface area contributed by atoms with Crippen molar-refractivity contribution >= 4 is 17.5 Å². The van der Waals surface area contributed by atoms with E-state index in [1.165, 1.54) is 0 Å². The minimum Gasteiger partial charge on any atom is -0.497 e. The van der Waals surface area contributed by atoms with Gasteiger partial charge < -0.3 is 19.7 Å². The fourth-order valence-corrected chi connectivity index (χ4v) is 3.60. The van der Waals surface area contributed by atoms with Crippen LogP contribution in [0.25, 0.3) is 0 Å². The Morgan fingerprint density at radius 2 is 1.70 bits per heavy atom. The van der Waals surface area contributed by atoms with Crippen LogP contribution >= 0.6 is 0 Å². The van der Waals surface area contributed by atoms with Crippen LogP contribution in [-0.2, 0) is 4.79 Å². The Kier molecular flexibility index (Phi) is 7.71. The predicted octanol–water partition coefficient (Wildman–Crippen LogP) is 4.51. The molecule has 1 aliphatic rings. The molecule has 1 aliphatic heterocycles. The smallest absolute Gasteiger partial charge is 0.265 e. The fraction of sp³-hybridized carbons (Fsp3) is 0.417. The van der Waals surface area contributed by atoms with Gasteiger partial charge in [-0.2, -0.15) is 0 Å². The molecule has 2 aromatic rings. The first-order valence-electron chi connectivity index (χ1n) is 10.6. The van der Waals surface area contributed by atoms with Gasteiger partial charge in [-0.3, -0.25) is 9.59 Å². The minimum absolute atomic E-state index is 0.0328. The summed E-state index contributed by atoms with van der Waals surface area (Å²) in [4.78, 5) is 27.9. The van der Waals surface area contributed by atoms with E-state index in [-0.39, 0.29) is 11.8 Å². The lowest BCUT2D eigenvalue weighted by atomic mass is 10.1. The number of para-hydroxylation sites is 1. The van der Waals surface area contributed by atoms with Gasteiger partial charge in [0, 0.05) is 19.2 Å². The number of benzene rings is 2. The predicted molar refractivity (Wildman–Crippen MR) is 117 cm³/mol. The summed E-state index contributed by atoms with van der Waals surface area (Å²) < 4.78 is 11.1. The topological polar surface area (TPSA) is 67.9 Å². The maximum atomic E-state index is 13.1. The number of methoxy groups -OCH3 is 1. The molecule has 2 amide bonds. The lowest BCUT2D eigenvalue weighted by Crippen LogP contribution is -2.35. The highest BCUT2D eigenvalue weighted by atomic mass is 16.5. The van der Waals surface area contributed by atoms with Gasteiger partial charge >= 0.3 is 0 Å². The molecule has 1 fully saturated rings. The molecule has 1 heterocycles. The number of amides is 2. The highest BCUT2D eigenvalue weighted by Crippen LogP contribution is 2.23. The zero-order valence-electron chi connectivity index (χ0n) is 17.7. The van der Waals surface area contributed by atoms with Gasteiger partial charge in [-0.1, -0.05) is 38.0 Å². The van der Waals surface area contributed by atoms with E-state index < -0.39 is 6.10 Å². The maximum absolute atomic E-state index is 13.1. The molecule has 0 bridgehead atoms. The Balaban J connectivity index is 1.72. The average molecular weight is 411 g/mol. The third-order valence-electron chi connectivity index (χ3n) is 5.29. The highest BCUT2D eigenvalue weighted by Gasteiger charge is 2.23. The third-order valence-corrected chi connectivity index (χ3v) is 5.29. The molecular weight excluding hydrogens is 380 g/mol.